The molecule has 1 aromatic heterocycles. The molecule has 0 N–H and O–H groups in total. The molecule has 1 aliphatic rings. The van der Waals surface area contributed by atoms with Gasteiger partial charge in [-0.15, -0.1) is 0 Å². The summed E-state index contributed by atoms with van der Waals surface area (Å²) in [5, 5.41) is 0.390. The van der Waals surface area contributed by atoms with E-state index in [-0.39, 0.29) is 11.1 Å². The second kappa shape index (κ2) is 9.89. The first-order valence-corrected chi connectivity index (χ1v) is 11.9. The predicted molar refractivity (Wildman–Crippen MR) is 134 cm³/mol. The third-order valence-corrected chi connectivity index (χ3v) is 6.84. The molecular weight excluding hydrogens is 456 g/mol. The summed E-state index contributed by atoms with van der Waals surface area (Å²) in [4.78, 5) is 27.3. The van der Waals surface area contributed by atoms with Gasteiger partial charge in [0.2, 0.25) is 0 Å². The van der Waals surface area contributed by atoms with Crippen LogP contribution >= 0.6 is 23.4 Å². The highest BCUT2D eigenvalue weighted by Crippen LogP contribution is 2.35. The average molecular weight is 481 g/mol. The van der Waals surface area contributed by atoms with Gasteiger partial charge < -0.3 is 9.30 Å². The van der Waals surface area contributed by atoms with E-state index in [1.54, 1.807) is 19.3 Å². The fourth-order valence-electron chi connectivity index (χ4n) is 4.06. The lowest BCUT2D eigenvalue weighted by Gasteiger charge is -2.14. The number of amides is 2. The Labute approximate surface area is 203 Å². The number of halogens is 1. The van der Waals surface area contributed by atoms with Crippen molar-refractivity contribution in [2.24, 2.45) is 0 Å². The van der Waals surface area contributed by atoms with Gasteiger partial charge >= 0.3 is 0 Å². The minimum absolute atomic E-state index is 0.218. The molecule has 0 bridgehead atoms. The summed E-state index contributed by atoms with van der Waals surface area (Å²) in [7, 11) is 1.62. The Kier molecular flexibility index (Phi) is 6.96. The number of carbonyl (C=O) groups excluding carboxylic acids is 2. The van der Waals surface area contributed by atoms with Crippen LogP contribution in [0.5, 0.6) is 5.75 Å². The number of rotatable bonds is 7. The Bertz CT molecular complexity index is 1230. The van der Waals surface area contributed by atoms with Crippen molar-refractivity contribution in [1.82, 2.24) is 9.47 Å². The minimum Gasteiger partial charge on any atom is -0.495 e. The normalized spacial score (nSPS) is 15.0. The molecule has 0 saturated carbocycles. The van der Waals surface area contributed by atoms with Crippen LogP contribution in [0.1, 0.15) is 28.9 Å². The molecule has 33 heavy (non-hydrogen) atoms. The first-order chi connectivity index (χ1) is 15.9. The Morgan fingerprint density at radius 2 is 1.82 bits per heavy atom. The van der Waals surface area contributed by atoms with Gasteiger partial charge in [-0.1, -0.05) is 41.9 Å². The van der Waals surface area contributed by atoms with Crippen molar-refractivity contribution in [3.8, 4) is 11.4 Å². The van der Waals surface area contributed by atoms with Crippen molar-refractivity contribution in [1.29, 1.82) is 0 Å². The largest absolute Gasteiger partial charge is 0.495 e. The van der Waals surface area contributed by atoms with Gasteiger partial charge in [0.05, 0.1) is 17.7 Å². The van der Waals surface area contributed by atoms with Crippen LogP contribution in [0.3, 0.4) is 0 Å². The number of methoxy groups -OCH3 is 1. The van der Waals surface area contributed by atoms with E-state index >= 15 is 0 Å². The van der Waals surface area contributed by atoms with Crippen molar-refractivity contribution in [2.45, 2.75) is 26.7 Å². The van der Waals surface area contributed by atoms with Crippen molar-refractivity contribution in [2.75, 3.05) is 13.7 Å². The Morgan fingerprint density at radius 1 is 1.06 bits per heavy atom. The molecular formula is C26H25ClN2O3S. The highest BCUT2D eigenvalue weighted by molar-refractivity contribution is 8.18. The Balaban J connectivity index is 1.55. The zero-order valence-corrected chi connectivity index (χ0v) is 20.4. The lowest BCUT2D eigenvalue weighted by atomic mass is 10.1. The van der Waals surface area contributed by atoms with Crippen LogP contribution in [0.4, 0.5) is 4.79 Å². The molecule has 0 radical (unpaired) electrons. The van der Waals surface area contributed by atoms with Crippen molar-refractivity contribution in [3.63, 3.8) is 0 Å². The number of thioether (sulfide) groups is 1. The topological polar surface area (TPSA) is 51.5 Å². The van der Waals surface area contributed by atoms with Crippen molar-refractivity contribution < 1.29 is 14.3 Å². The van der Waals surface area contributed by atoms with Gasteiger partial charge in [0.1, 0.15) is 5.75 Å². The number of benzene rings is 2. The van der Waals surface area contributed by atoms with E-state index in [9.17, 15) is 9.59 Å². The molecule has 3 aromatic rings. The summed E-state index contributed by atoms with van der Waals surface area (Å²) in [5.74, 6) is 0.467. The van der Waals surface area contributed by atoms with Crippen LogP contribution in [0.2, 0.25) is 5.02 Å². The molecule has 2 amide bonds. The summed E-state index contributed by atoms with van der Waals surface area (Å²) in [5.41, 5.74) is 4.81. The molecule has 2 aromatic carbocycles. The number of aromatic nitrogens is 1. The number of nitrogens with zero attached hydrogens (tertiary/aromatic N) is 2. The third-order valence-electron chi connectivity index (χ3n) is 5.70. The summed E-state index contributed by atoms with van der Waals surface area (Å²) < 4.78 is 7.56. The molecule has 2 heterocycles. The number of carbonyl (C=O) groups is 2. The second-order valence-electron chi connectivity index (χ2n) is 7.90. The first kappa shape index (κ1) is 23.2. The van der Waals surface area contributed by atoms with Crippen LogP contribution in [-0.2, 0) is 11.2 Å². The molecule has 1 saturated heterocycles. The average Bonchev–Trinajstić information content (AvgIpc) is 3.23. The van der Waals surface area contributed by atoms with E-state index in [4.69, 9.17) is 16.3 Å². The summed E-state index contributed by atoms with van der Waals surface area (Å²) in [6, 6.07) is 17.5. The van der Waals surface area contributed by atoms with Crippen LogP contribution < -0.4 is 4.74 Å². The molecule has 0 aliphatic carbocycles. The molecule has 4 rings (SSSR count). The van der Waals surface area contributed by atoms with Crippen molar-refractivity contribution >= 4 is 40.6 Å². The molecule has 0 atom stereocenters. The SMILES string of the molecule is COc1ccc(Cl)cc1-n1c(C)cc(/C=C2/SC(=O)N(CCCc3ccccc3)C2=O)c1C. The van der Waals surface area contributed by atoms with E-state index in [1.807, 2.05) is 54.8 Å². The predicted octanol–water partition coefficient (Wildman–Crippen LogP) is 6.43. The van der Waals surface area contributed by atoms with E-state index in [0.717, 1.165) is 47.2 Å². The lowest BCUT2D eigenvalue weighted by Crippen LogP contribution is -2.29. The van der Waals surface area contributed by atoms with Crippen LogP contribution in [-0.4, -0.2) is 34.3 Å². The third kappa shape index (κ3) is 4.87. The molecule has 0 unspecified atom stereocenters. The van der Waals surface area contributed by atoms with Gasteiger partial charge in [0, 0.05) is 23.0 Å². The van der Waals surface area contributed by atoms with Gasteiger partial charge in [0.25, 0.3) is 11.1 Å². The highest BCUT2D eigenvalue weighted by atomic mass is 35.5. The maximum atomic E-state index is 13.0. The standard InChI is InChI=1S/C26H25ClN2O3S/c1-17-14-20(18(2)29(17)22-16-21(27)11-12-23(22)32-3)15-24-25(30)28(26(31)33-24)13-7-10-19-8-5-4-6-9-19/h4-6,8-9,11-12,14-16H,7,10,13H2,1-3H3/b24-15+. The molecule has 0 spiro atoms. The van der Waals surface area contributed by atoms with E-state index in [0.29, 0.717) is 22.2 Å². The van der Waals surface area contributed by atoms with Crippen LogP contribution in [0.15, 0.2) is 59.5 Å². The maximum Gasteiger partial charge on any atom is 0.293 e. The maximum absolute atomic E-state index is 13.0. The van der Waals surface area contributed by atoms with Crippen LogP contribution in [0.25, 0.3) is 11.8 Å². The molecule has 5 nitrogen and oxygen atoms in total. The van der Waals surface area contributed by atoms with Gasteiger partial charge in [-0.2, -0.15) is 0 Å². The second-order valence-corrected chi connectivity index (χ2v) is 9.33. The molecule has 170 valence electrons. The van der Waals surface area contributed by atoms with Gasteiger partial charge in [0.15, 0.2) is 0 Å². The quantitative estimate of drug-likeness (QED) is 0.366. The van der Waals surface area contributed by atoms with Gasteiger partial charge in [-0.25, -0.2) is 0 Å². The first-order valence-electron chi connectivity index (χ1n) is 10.7. The number of aryl methyl sites for hydroxylation is 2. The van der Waals surface area contributed by atoms with Gasteiger partial charge in [-0.3, -0.25) is 14.5 Å². The summed E-state index contributed by atoms with van der Waals surface area (Å²) in [6.45, 7) is 4.37. The number of hydrogen-bond acceptors (Lipinski definition) is 4. The summed E-state index contributed by atoms with van der Waals surface area (Å²) in [6.07, 6.45) is 3.36. The van der Waals surface area contributed by atoms with Crippen LogP contribution in [0, 0.1) is 13.8 Å². The Morgan fingerprint density at radius 3 is 2.55 bits per heavy atom. The van der Waals surface area contributed by atoms with Crippen molar-refractivity contribution in [3.05, 3.63) is 87.0 Å². The monoisotopic (exact) mass is 480 g/mol. The number of ether oxygens (including phenoxy) is 1. The summed E-state index contributed by atoms with van der Waals surface area (Å²) >= 11 is 7.23. The lowest BCUT2D eigenvalue weighted by molar-refractivity contribution is -0.122. The van der Waals surface area contributed by atoms with E-state index in [1.165, 1.54) is 10.5 Å². The molecule has 7 heteroatoms. The zero-order valence-electron chi connectivity index (χ0n) is 18.8. The number of hydrogen-bond donors (Lipinski definition) is 0. The van der Waals surface area contributed by atoms with E-state index in [2.05, 4.69) is 12.1 Å². The molecule has 1 aliphatic heterocycles. The highest BCUT2D eigenvalue weighted by Gasteiger charge is 2.34. The Hall–Kier alpha value is -2.96. The minimum atomic E-state index is -0.233. The zero-order chi connectivity index (χ0) is 23.5. The smallest absolute Gasteiger partial charge is 0.293 e. The fraction of sp³-hybridized carbons (Fsp3) is 0.231. The van der Waals surface area contributed by atoms with E-state index < -0.39 is 0 Å². The van der Waals surface area contributed by atoms with Gasteiger partial charge in [-0.05, 0) is 79.9 Å². The fourth-order valence-corrected chi connectivity index (χ4v) is 5.08. The number of imide groups is 1. The molecule has 1 fully saturated rings.